The van der Waals surface area contributed by atoms with Gasteiger partial charge in [-0.15, -0.1) is 0 Å². The third-order valence-electron chi connectivity index (χ3n) is 6.52. The molecule has 0 atom stereocenters. The average molecular weight is 522 g/mol. The Morgan fingerprint density at radius 1 is 1.12 bits per heavy atom. The highest BCUT2D eigenvalue weighted by Crippen LogP contribution is 2.34. The van der Waals surface area contributed by atoms with Gasteiger partial charge in [0.2, 0.25) is 5.88 Å². The molecule has 2 aliphatic rings. The normalized spacial score (nSPS) is 20.1. The summed E-state index contributed by atoms with van der Waals surface area (Å²) in [5, 5.41) is -0.0756. The molecule has 4 rings (SSSR count). The number of alkyl halides is 3. The molecule has 0 unspecified atom stereocenters. The number of aromatic nitrogens is 3. The number of sulfonamides is 1. The summed E-state index contributed by atoms with van der Waals surface area (Å²) in [4.78, 5) is 10.3. The van der Waals surface area contributed by atoms with E-state index in [2.05, 4.69) is 14.9 Å². The van der Waals surface area contributed by atoms with Crippen molar-refractivity contribution in [2.75, 3.05) is 26.2 Å². The lowest BCUT2D eigenvalue weighted by atomic mass is 10.00. The second kappa shape index (κ2) is 9.63. The fraction of sp³-hybridized carbons (Fsp3) is 0.619. The van der Waals surface area contributed by atoms with E-state index in [-0.39, 0.29) is 28.1 Å². The van der Waals surface area contributed by atoms with Crippen LogP contribution in [0.2, 0.25) is 5.02 Å². The molecule has 2 aromatic rings. The van der Waals surface area contributed by atoms with Gasteiger partial charge in [0.25, 0.3) is 10.0 Å². The van der Waals surface area contributed by atoms with Gasteiger partial charge in [0.05, 0.1) is 5.56 Å². The van der Waals surface area contributed by atoms with Crippen molar-refractivity contribution in [2.24, 2.45) is 7.05 Å². The van der Waals surface area contributed by atoms with Crippen molar-refractivity contribution in [1.82, 2.24) is 23.7 Å². The summed E-state index contributed by atoms with van der Waals surface area (Å²) in [6.45, 7) is 4.13. The lowest BCUT2D eigenvalue weighted by Gasteiger charge is -2.41. The highest BCUT2D eigenvalue weighted by molar-refractivity contribution is 7.89. The van der Waals surface area contributed by atoms with Crippen molar-refractivity contribution in [1.29, 1.82) is 0 Å². The monoisotopic (exact) mass is 521 g/mol. The van der Waals surface area contributed by atoms with Crippen molar-refractivity contribution in [3.8, 4) is 5.88 Å². The molecule has 0 bridgehead atoms. The number of hydrogen-bond acceptors (Lipinski definition) is 6. The number of pyridine rings is 1. The molecule has 2 aromatic heterocycles. The minimum absolute atomic E-state index is 0.0105. The van der Waals surface area contributed by atoms with Crippen molar-refractivity contribution < 1.29 is 26.3 Å². The van der Waals surface area contributed by atoms with E-state index in [4.69, 9.17) is 16.3 Å². The first-order valence-electron chi connectivity index (χ1n) is 11.1. The zero-order chi connectivity index (χ0) is 24.7. The molecule has 2 saturated heterocycles. The van der Waals surface area contributed by atoms with Gasteiger partial charge < -0.3 is 14.2 Å². The number of likely N-dealkylation sites (tertiary alicyclic amines) is 1. The van der Waals surface area contributed by atoms with Gasteiger partial charge in [0.1, 0.15) is 17.0 Å². The molecule has 2 fully saturated rings. The molecule has 4 heterocycles. The van der Waals surface area contributed by atoms with Crippen LogP contribution in [0.5, 0.6) is 5.88 Å². The molecular weight excluding hydrogens is 495 g/mol. The first kappa shape index (κ1) is 25.2. The summed E-state index contributed by atoms with van der Waals surface area (Å²) < 4.78 is 73.1. The van der Waals surface area contributed by atoms with Crippen LogP contribution in [0, 0.1) is 6.92 Å². The third-order valence-corrected chi connectivity index (χ3v) is 8.56. The lowest BCUT2D eigenvalue weighted by molar-refractivity contribution is -0.137. The van der Waals surface area contributed by atoms with Gasteiger partial charge in [-0.05, 0) is 38.7 Å². The van der Waals surface area contributed by atoms with E-state index in [1.165, 1.54) is 4.31 Å². The number of aryl methyl sites for hydroxylation is 2. The molecule has 8 nitrogen and oxygen atoms in total. The Labute approximate surface area is 201 Å². The Morgan fingerprint density at radius 3 is 2.29 bits per heavy atom. The van der Waals surface area contributed by atoms with Gasteiger partial charge in [-0.25, -0.2) is 18.4 Å². The molecule has 0 radical (unpaired) electrons. The Bertz CT molecular complexity index is 1110. The van der Waals surface area contributed by atoms with Gasteiger partial charge in [-0.2, -0.15) is 17.5 Å². The van der Waals surface area contributed by atoms with Gasteiger partial charge in [0, 0.05) is 51.7 Å². The summed E-state index contributed by atoms with van der Waals surface area (Å²) in [6.07, 6.45) is 0.391. The molecule has 0 aromatic carbocycles. The maximum absolute atomic E-state index is 12.9. The minimum Gasteiger partial charge on any atom is -0.473 e. The number of imidazole rings is 1. The number of rotatable bonds is 5. The van der Waals surface area contributed by atoms with E-state index in [9.17, 15) is 21.6 Å². The first-order chi connectivity index (χ1) is 15.9. The Morgan fingerprint density at radius 2 is 1.76 bits per heavy atom. The van der Waals surface area contributed by atoms with Crippen molar-refractivity contribution in [2.45, 2.75) is 56.0 Å². The maximum atomic E-state index is 12.9. The van der Waals surface area contributed by atoms with Crippen molar-refractivity contribution in [3.05, 3.63) is 34.9 Å². The van der Waals surface area contributed by atoms with E-state index in [1.807, 2.05) is 0 Å². The zero-order valence-electron chi connectivity index (χ0n) is 18.9. The van der Waals surface area contributed by atoms with Gasteiger partial charge in [-0.1, -0.05) is 11.6 Å². The van der Waals surface area contributed by atoms with Crippen LogP contribution in [0.1, 0.15) is 37.1 Å². The Kier molecular flexibility index (Phi) is 7.14. The highest BCUT2D eigenvalue weighted by Gasteiger charge is 2.35. The van der Waals surface area contributed by atoms with Crippen LogP contribution in [0.3, 0.4) is 0 Å². The molecule has 0 saturated carbocycles. The summed E-state index contributed by atoms with van der Waals surface area (Å²) in [6, 6.07) is 1.10. The van der Waals surface area contributed by atoms with Crippen LogP contribution in [-0.2, 0) is 23.2 Å². The Balaban J connectivity index is 1.28. The predicted molar refractivity (Wildman–Crippen MR) is 119 cm³/mol. The largest absolute Gasteiger partial charge is 0.473 e. The van der Waals surface area contributed by atoms with E-state index in [0.717, 1.165) is 38.2 Å². The topological polar surface area (TPSA) is 80.6 Å². The van der Waals surface area contributed by atoms with E-state index >= 15 is 0 Å². The second-order valence-electron chi connectivity index (χ2n) is 8.73. The SMILES string of the molecule is Cc1nc(S(=O)(=O)N2CCC(N3CCC(Oc4ncc(C(F)(F)F)cc4Cl)CC3)CC2)cn1C. The first-order valence-corrected chi connectivity index (χ1v) is 12.9. The smallest absolute Gasteiger partial charge is 0.417 e. The van der Waals surface area contributed by atoms with Crippen molar-refractivity contribution in [3.63, 3.8) is 0 Å². The fourth-order valence-corrected chi connectivity index (χ4v) is 6.12. The standard InChI is InChI=1S/C21H27ClF3N5O3S/c1-14-27-19(13-28(14)2)34(31,32)30-9-3-16(4-10-30)29-7-5-17(6-8-29)33-20-18(22)11-15(12-26-20)21(23,24)25/h11-13,16-17H,3-10H2,1-2H3. The van der Waals surface area contributed by atoms with Gasteiger partial charge in [-0.3, -0.25) is 0 Å². The molecule has 0 amide bonds. The van der Waals surface area contributed by atoms with Gasteiger partial charge >= 0.3 is 6.18 Å². The quantitative estimate of drug-likeness (QED) is 0.599. The van der Waals surface area contributed by atoms with Crippen LogP contribution in [0.4, 0.5) is 13.2 Å². The molecule has 0 N–H and O–H groups in total. The predicted octanol–water partition coefficient (Wildman–Crippen LogP) is 3.49. The number of nitrogens with zero attached hydrogens (tertiary/aromatic N) is 5. The number of halogens is 4. The van der Waals surface area contributed by atoms with E-state index in [1.54, 1.807) is 24.7 Å². The molecule has 188 valence electrons. The zero-order valence-corrected chi connectivity index (χ0v) is 20.5. The minimum atomic E-state index is -4.51. The number of hydrogen-bond donors (Lipinski definition) is 0. The molecule has 13 heteroatoms. The van der Waals surface area contributed by atoms with Crippen LogP contribution < -0.4 is 4.74 Å². The fourth-order valence-electron chi connectivity index (χ4n) is 4.41. The van der Waals surface area contributed by atoms with Gasteiger partial charge in [0.15, 0.2) is 5.03 Å². The van der Waals surface area contributed by atoms with Crippen LogP contribution in [-0.4, -0.2) is 70.5 Å². The number of piperidine rings is 2. The van der Waals surface area contributed by atoms with Crippen LogP contribution in [0.15, 0.2) is 23.5 Å². The third kappa shape index (κ3) is 5.34. The van der Waals surface area contributed by atoms with Crippen LogP contribution >= 0.6 is 11.6 Å². The maximum Gasteiger partial charge on any atom is 0.417 e. The average Bonchev–Trinajstić information content (AvgIpc) is 3.14. The summed E-state index contributed by atoms with van der Waals surface area (Å²) in [5.74, 6) is 0.655. The Hall–Kier alpha value is -1.89. The lowest BCUT2D eigenvalue weighted by Crippen LogP contribution is -2.50. The van der Waals surface area contributed by atoms with Crippen molar-refractivity contribution >= 4 is 21.6 Å². The molecular formula is C21H27ClF3N5O3S. The number of ether oxygens (including phenoxy) is 1. The molecule has 0 aliphatic carbocycles. The summed E-state index contributed by atoms with van der Waals surface area (Å²) >= 11 is 5.95. The molecule has 0 spiro atoms. The molecule has 2 aliphatic heterocycles. The summed E-state index contributed by atoms with van der Waals surface area (Å²) in [7, 11) is -1.84. The molecule has 34 heavy (non-hydrogen) atoms. The summed E-state index contributed by atoms with van der Waals surface area (Å²) in [5.41, 5.74) is -0.911. The highest BCUT2D eigenvalue weighted by atomic mass is 35.5. The van der Waals surface area contributed by atoms with Crippen LogP contribution in [0.25, 0.3) is 0 Å². The van der Waals surface area contributed by atoms with E-state index < -0.39 is 21.8 Å². The van der Waals surface area contributed by atoms with E-state index in [0.29, 0.717) is 31.8 Å². The second-order valence-corrected chi connectivity index (χ2v) is 11.0.